The van der Waals surface area contributed by atoms with Gasteiger partial charge in [-0.3, -0.25) is 14.4 Å². The van der Waals surface area contributed by atoms with Crippen molar-refractivity contribution in [2.75, 3.05) is 13.1 Å². The van der Waals surface area contributed by atoms with Crippen LogP contribution in [0.1, 0.15) is 48.4 Å². The van der Waals surface area contributed by atoms with Gasteiger partial charge in [0, 0.05) is 24.2 Å². The van der Waals surface area contributed by atoms with Crippen molar-refractivity contribution in [1.29, 1.82) is 5.26 Å². The maximum absolute atomic E-state index is 15.0. The maximum Gasteiger partial charge on any atom is 0.293 e. The van der Waals surface area contributed by atoms with E-state index >= 15 is 0 Å². The van der Waals surface area contributed by atoms with Crippen LogP contribution >= 0.6 is 0 Å². The number of nitrogens with one attached hydrogen (secondary N) is 1. The fraction of sp³-hybridized carbons (Fsp3) is 0.375. The zero-order valence-corrected chi connectivity index (χ0v) is 19.1. The molecule has 0 bridgehead atoms. The molecule has 2 aliphatic rings. The Labute approximate surface area is 200 Å². The average Bonchev–Trinajstić information content (AvgIpc) is 3.38. The van der Waals surface area contributed by atoms with Crippen molar-refractivity contribution >= 4 is 17.1 Å². The number of ether oxygens (including phenoxy) is 1. The lowest BCUT2D eigenvalue weighted by atomic mass is 10.0. The number of hydrogen-bond donors (Lipinski definition) is 2. The first kappa shape index (κ1) is 22.9. The highest BCUT2D eigenvalue weighted by Gasteiger charge is 2.51. The van der Waals surface area contributed by atoms with Crippen LogP contribution < -0.4 is 15.9 Å². The predicted octanol–water partition coefficient (Wildman–Crippen LogP) is 2.79. The molecule has 1 aliphatic heterocycles. The summed E-state index contributed by atoms with van der Waals surface area (Å²) in [6.45, 7) is 3.59. The number of fused-ring (bicyclic) bond motifs is 2. The number of nitrogens with two attached hydrogens (primary N) is 1. The molecule has 0 amide bonds. The van der Waals surface area contributed by atoms with E-state index < -0.39 is 18.4 Å². The van der Waals surface area contributed by atoms with Crippen molar-refractivity contribution in [3.63, 3.8) is 0 Å². The van der Waals surface area contributed by atoms with Crippen LogP contribution in [0.3, 0.4) is 0 Å². The largest absolute Gasteiger partial charge is 0.462 e. The molecule has 180 valence electrons. The highest BCUT2D eigenvalue weighted by atomic mass is 19.3. The second-order valence-corrected chi connectivity index (χ2v) is 8.69. The molecule has 1 atom stereocenters. The van der Waals surface area contributed by atoms with Gasteiger partial charge in [0.1, 0.15) is 23.1 Å². The van der Waals surface area contributed by atoms with Crippen molar-refractivity contribution in [2.45, 2.75) is 44.3 Å². The first-order chi connectivity index (χ1) is 16.9. The number of nitriles is 1. The first-order valence-corrected chi connectivity index (χ1v) is 11.3. The zero-order chi connectivity index (χ0) is 24.6. The molecule has 0 radical (unpaired) electrons. The van der Waals surface area contributed by atoms with Crippen LogP contribution in [0.4, 0.5) is 8.78 Å². The van der Waals surface area contributed by atoms with E-state index in [1.54, 1.807) is 24.3 Å². The SMILES string of the molecule is CC(=NC1CCNCC1)/C(=N\N)c1cc(OC2c3ncccc3CC2(F)F)n2c(C#N)cnc2c1. The van der Waals surface area contributed by atoms with Crippen LogP contribution in [0.25, 0.3) is 5.65 Å². The van der Waals surface area contributed by atoms with Gasteiger partial charge >= 0.3 is 0 Å². The summed E-state index contributed by atoms with van der Waals surface area (Å²) in [5.41, 5.74) is 2.61. The number of imidazole rings is 1. The van der Waals surface area contributed by atoms with Crippen LogP contribution in [0.2, 0.25) is 0 Å². The summed E-state index contributed by atoms with van der Waals surface area (Å²) in [6.07, 6.45) is 2.53. The zero-order valence-electron chi connectivity index (χ0n) is 19.1. The van der Waals surface area contributed by atoms with Gasteiger partial charge in [-0.25, -0.2) is 13.8 Å². The Morgan fingerprint density at radius 2 is 2.11 bits per heavy atom. The molecule has 4 heterocycles. The summed E-state index contributed by atoms with van der Waals surface area (Å²) in [7, 11) is 0. The summed E-state index contributed by atoms with van der Waals surface area (Å²) in [5, 5.41) is 16.8. The fourth-order valence-corrected chi connectivity index (χ4v) is 4.67. The molecule has 11 heteroatoms. The van der Waals surface area contributed by atoms with Crippen LogP contribution in [0.15, 0.2) is 46.8 Å². The molecule has 0 saturated carbocycles. The number of halogens is 2. The Morgan fingerprint density at radius 1 is 1.31 bits per heavy atom. The molecular weight excluding hydrogens is 454 g/mol. The number of aliphatic imine (C=N–C) groups is 1. The normalized spacial score (nSPS) is 20.6. The lowest BCUT2D eigenvalue weighted by Gasteiger charge is -2.22. The van der Waals surface area contributed by atoms with E-state index in [0.29, 0.717) is 28.2 Å². The van der Waals surface area contributed by atoms with Crippen molar-refractivity contribution < 1.29 is 13.5 Å². The molecule has 0 aromatic carbocycles. The van der Waals surface area contributed by atoms with Crippen molar-refractivity contribution in [3.8, 4) is 11.9 Å². The van der Waals surface area contributed by atoms with Crippen LogP contribution in [0, 0.1) is 11.3 Å². The molecule has 1 saturated heterocycles. The van der Waals surface area contributed by atoms with Crippen molar-refractivity contribution in [3.05, 3.63) is 59.2 Å². The standard InChI is InChI=1S/C24H24F2N8O/c1-14(32-17-4-7-29-8-5-17)21(33-28)16-9-19-31-13-18(12-27)34(19)20(10-16)35-23-22-15(3-2-6-30-22)11-24(23,25)26/h2-3,6,9-10,13,17,23,29H,4-5,7-8,11,28H2,1H3/b32-14?,33-21+. The van der Waals surface area contributed by atoms with Gasteiger partial charge in [-0.2, -0.15) is 10.4 Å². The number of rotatable bonds is 5. The third kappa shape index (κ3) is 4.21. The Kier molecular flexibility index (Phi) is 5.90. The van der Waals surface area contributed by atoms with Crippen molar-refractivity contribution in [1.82, 2.24) is 19.7 Å². The number of alkyl halides is 2. The van der Waals surface area contributed by atoms with E-state index in [1.807, 2.05) is 13.0 Å². The highest BCUT2D eigenvalue weighted by Crippen LogP contribution is 2.44. The lowest BCUT2D eigenvalue weighted by molar-refractivity contribution is -0.0876. The van der Waals surface area contributed by atoms with E-state index in [9.17, 15) is 14.0 Å². The molecule has 9 nitrogen and oxygen atoms in total. The van der Waals surface area contributed by atoms with E-state index in [-0.39, 0.29) is 23.3 Å². The smallest absolute Gasteiger partial charge is 0.293 e. The van der Waals surface area contributed by atoms with E-state index in [4.69, 9.17) is 15.6 Å². The fourth-order valence-electron chi connectivity index (χ4n) is 4.67. The Hall–Kier alpha value is -3.91. The third-order valence-corrected chi connectivity index (χ3v) is 6.34. The number of nitrogens with zero attached hydrogens (tertiary/aromatic N) is 6. The Bertz CT molecular complexity index is 1370. The molecule has 1 unspecified atom stereocenters. The monoisotopic (exact) mass is 478 g/mol. The van der Waals surface area contributed by atoms with Crippen LogP contribution in [0.5, 0.6) is 5.88 Å². The van der Waals surface area contributed by atoms with E-state index in [1.165, 1.54) is 16.8 Å². The minimum absolute atomic E-state index is 0.0190. The molecule has 1 aliphatic carbocycles. The van der Waals surface area contributed by atoms with Gasteiger partial charge in [0.15, 0.2) is 0 Å². The minimum Gasteiger partial charge on any atom is -0.462 e. The Morgan fingerprint density at radius 3 is 2.86 bits per heavy atom. The quantitative estimate of drug-likeness (QED) is 0.330. The van der Waals surface area contributed by atoms with Crippen LogP contribution in [-0.4, -0.2) is 50.8 Å². The molecule has 35 heavy (non-hydrogen) atoms. The van der Waals surface area contributed by atoms with Gasteiger partial charge in [0.2, 0.25) is 12.0 Å². The van der Waals surface area contributed by atoms with E-state index in [2.05, 4.69) is 20.4 Å². The second kappa shape index (κ2) is 9.03. The number of hydrazone groups is 1. The molecule has 3 aromatic heterocycles. The number of pyridine rings is 2. The van der Waals surface area contributed by atoms with Crippen molar-refractivity contribution in [2.24, 2.45) is 15.9 Å². The Balaban J connectivity index is 1.58. The number of hydrogen-bond acceptors (Lipinski definition) is 8. The second-order valence-electron chi connectivity index (χ2n) is 8.69. The predicted molar refractivity (Wildman–Crippen MR) is 126 cm³/mol. The number of aromatic nitrogens is 3. The molecule has 3 aromatic rings. The first-order valence-electron chi connectivity index (χ1n) is 11.3. The van der Waals surface area contributed by atoms with Crippen LogP contribution in [-0.2, 0) is 6.42 Å². The molecule has 1 fully saturated rings. The van der Waals surface area contributed by atoms with E-state index in [0.717, 1.165) is 25.9 Å². The number of piperidine rings is 1. The summed E-state index contributed by atoms with van der Waals surface area (Å²) in [5.74, 6) is 2.59. The minimum atomic E-state index is -3.18. The highest BCUT2D eigenvalue weighted by molar-refractivity contribution is 6.47. The summed E-state index contributed by atoms with van der Waals surface area (Å²) < 4.78 is 37.3. The third-order valence-electron chi connectivity index (χ3n) is 6.34. The lowest BCUT2D eigenvalue weighted by Crippen LogP contribution is -2.31. The van der Waals surface area contributed by atoms with Gasteiger partial charge < -0.3 is 15.9 Å². The molecule has 0 spiro atoms. The van der Waals surface area contributed by atoms with Gasteiger partial charge in [-0.15, -0.1) is 0 Å². The van der Waals surface area contributed by atoms with Gasteiger partial charge in [-0.05, 0) is 50.6 Å². The van der Waals surface area contributed by atoms with Gasteiger partial charge in [-0.1, -0.05) is 6.07 Å². The summed E-state index contributed by atoms with van der Waals surface area (Å²) >= 11 is 0. The molecule has 5 rings (SSSR count). The summed E-state index contributed by atoms with van der Waals surface area (Å²) in [6, 6.07) is 8.63. The topological polar surface area (TPSA) is 126 Å². The molecule has 3 N–H and O–H groups in total. The average molecular weight is 479 g/mol. The maximum atomic E-state index is 15.0. The summed E-state index contributed by atoms with van der Waals surface area (Å²) in [4.78, 5) is 13.2. The van der Waals surface area contributed by atoms with Gasteiger partial charge in [0.05, 0.1) is 23.6 Å². The van der Waals surface area contributed by atoms with Gasteiger partial charge in [0.25, 0.3) is 5.92 Å². The molecular formula is C24H24F2N8O.